The Morgan fingerprint density at radius 1 is 1.32 bits per heavy atom. The molecular formula is C17H18Cl2N2O4. The lowest BCUT2D eigenvalue weighted by Crippen LogP contribution is -2.21. The third-order valence-electron chi connectivity index (χ3n) is 3.65. The van der Waals surface area contributed by atoms with Crippen LogP contribution in [0, 0.1) is 13.8 Å². The molecule has 0 unspecified atom stereocenters. The fourth-order valence-electron chi connectivity index (χ4n) is 2.58. The summed E-state index contributed by atoms with van der Waals surface area (Å²) in [6, 6.07) is 4.64. The maximum atomic E-state index is 12.2. The number of aliphatic hydroxyl groups excluding tert-OH is 1. The number of carbonyl (C=O) groups is 2. The number of ether oxygens (including phenoxy) is 1. The van der Waals surface area contributed by atoms with Crippen molar-refractivity contribution >= 4 is 40.8 Å². The van der Waals surface area contributed by atoms with E-state index in [1.807, 2.05) is 0 Å². The fourth-order valence-corrected chi connectivity index (χ4v) is 2.92. The van der Waals surface area contributed by atoms with Crippen LogP contribution in [0.4, 0.5) is 5.69 Å². The van der Waals surface area contributed by atoms with Gasteiger partial charge in [-0.15, -0.1) is 0 Å². The van der Waals surface area contributed by atoms with Crippen LogP contribution in [-0.2, 0) is 9.53 Å². The van der Waals surface area contributed by atoms with Gasteiger partial charge in [0.1, 0.15) is 5.69 Å². The van der Waals surface area contributed by atoms with Crippen molar-refractivity contribution in [3.8, 4) is 0 Å². The van der Waals surface area contributed by atoms with E-state index in [0.717, 1.165) is 0 Å². The molecule has 1 atom stereocenters. The molecule has 1 amide bonds. The summed E-state index contributed by atoms with van der Waals surface area (Å²) in [5.74, 6) is -1.23. The molecule has 2 aromatic rings. The number of amides is 1. The number of halogens is 2. The van der Waals surface area contributed by atoms with Gasteiger partial charge in [-0.2, -0.15) is 0 Å². The third-order valence-corrected chi connectivity index (χ3v) is 4.22. The van der Waals surface area contributed by atoms with Crippen LogP contribution in [0.3, 0.4) is 0 Å². The molecule has 25 heavy (non-hydrogen) atoms. The summed E-state index contributed by atoms with van der Waals surface area (Å²) in [6.07, 6.45) is -0.717. The predicted octanol–water partition coefficient (Wildman–Crippen LogP) is 3.79. The molecular weight excluding hydrogens is 367 g/mol. The SMILES string of the molecule is Cc1[nH]c(C(=O)OCC(=O)Nc2cc(Cl)ccc2Cl)c(C)c1[C@H](C)O. The van der Waals surface area contributed by atoms with Crippen LogP contribution >= 0.6 is 23.2 Å². The number of benzene rings is 1. The first-order valence-corrected chi connectivity index (χ1v) is 8.25. The number of H-pyrrole nitrogens is 1. The minimum atomic E-state index is -0.717. The smallest absolute Gasteiger partial charge is 0.355 e. The molecule has 0 spiro atoms. The van der Waals surface area contributed by atoms with Crippen molar-refractivity contribution < 1.29 is 19.4 Å². The van der Waals surface area contributed by atoms with Gasteiger partial charge in [0.15, 0.2) is 6.61 Å². The Balaban J connectivity index is 2.01. The lowest BCUT2D eigenvalue weighted by molar-refractivity contribution is -0.119. The number of aromatic amines is 1. The molecule has 0 saturated carbocycles. The van der Waals surface area contributed by atoms with Crippen LogP contribution in [-0.4, -0.2) is 28.6 Å². The highest BCUT2D eigenvalue weighted by Gasteiger charge is 2.21. The molecule has 3 N–H and O–H groups in total. The summed E-state index contributed by atoms with van der Waals surface area (Å²) in [4.78, 5) is 27.0. The summed E-state index contributed by atoms with van der Waals surface area (Å²) in [5.41, 5.74) is 2.45. The minimum absolute atomic E-state index is 0.210. The van der Waals surface area contributed by atoms with E-state index in [2.05, 4.69) is 10.3 Å². The van der Waals surface area contributed by atoms with Gasteiger partial charge in [0.05, 0.1) is 16.8 Å². The first-order chi connectivity index (χ1) is 11.7. The van der Waals surface area contributed by atoms with E-state index in [1.54, 1.807) is 32.9 Å². The topological polar surface area (TPSA) is 91.4 Å². The highest BCUT2D eigenvalue weighted by atomic mass is 35.5. The molecule has 0 fully saturated rings. The highest BCUT2D eigenvalue weighted by molar-refractivity contribution is 6.35. The molecule has 0 aliphatic heterocycles. The monoisotopic (exact) mass is 384 g/mol. The molecule has 8 heteroatoms. The summed E-state index contributed by atoms with van der Waals surface area (Å²) in [5, 5.41) is 13.0. The van der Waals surface area contributed by atoms with E-state index in [-0.39, 0.29) is 5.69 Å². The van der Waals surface area contributed by atoms with Gasteiger partial charge in [0.25, 0.3) is 5.91 Å². The van der Waals surface area contributed by atoms with E-state index in [4.69, 9.17) is 27.9 Å². The third kappa shape index (κ3) is 4.54. The fraction of sp³-hybridized carbons (Fsp3) is 0.294. The van der Waals surface area contributed by atoms with Crippen LogP contribution in [0.2, 0.25) is 10.0 Å². The van der Waals surface area contributed by atoms with Gasteiger partial charge in [-0.3, -0.25) is 4.79 Å². The molecule has 134 valence electrons. The molecule has 0 aliphatic carbocycles. The molecule has 2 rings (SSSR count). The Labute approximate surface area is 155 Å². The molecule has 6 nitrogen and oxygen atoms in total. The van der Waals surface area contributed by atoms with Gasteiger partial charge >= 0.3 is 5.97 Å². The maximum Gasteiger partial charge on any atom is 0.355 e. The number of anilines is 1. The van der Waals surface area contributed by atoms with Crippen molar-refractivity contribution in [3.05, 3.63) is 50.8 Å². The van der Waals surface area contributed by atoms with E-state index < -0.39 is 24.6 Å². The summed E-state index contributed by atoms with van der Waals surface area (Å²) in [6.45, 7) is 4.58. The molecule has 0 saturated heterocycles. The number of aryl methyl sites for hydroxylation is 1. The second-order valence-corrected chi connectivity index (χ2v) is 6.43. The number of carbonyl (C=O) groups excluding carboxylic acids is 2. The summed E-state index contributed by atoms with van der Waals surface area (Å²) in [7, 11) is 0. The minimum Gasteiger partial charge on any atom is -0.451 e. The molecule has 1 aromatic heterocycles. The average Bonchev–Trinajstić information content (AvgIpc) is 2.83. The lowest BCUT2D eigenvalue weighted by atomic mass is 10.1. The van der Waals surface area contributed by atoms with E-state index >= 15 is 0 Å². The zero-order valence-corrected chi connectivity index (χ0v) is 15.5. The first kappa shape index (κ1) is 19.3. The predicted molar refractivity (Wildman–Crippen MR) is 96.3 cm³/mol. The average molecular weight is 385 g/mol. The number of aromatic nitrogens is 1. The normalized spacial score (nSPS) is 11.9. The van der Waals surface area contributed by atoms with Gasteiger partial charge in [-0.25, -0.2) is 4.79 Å². The van der Waals surface area contributed by atoms with Gasteiger partial charge in [0.2, 0.25) is 0 Å². The number of aliphatic hydroxyl groups is 1. The van der Waals surface area contributed by atoms with Crippen molar-refractivity contribution in [2.24, 2.45) is 0 Å². The number of nitrogens with one attached hydrogen (secondary N) is 2. The second-order valence-electron chi connectivity index (χ2n) is 5.59. The van der Waals surface area contributed by atoms with E-state index in [9.17, 15) is 14.7 Å². The van der Waals surface area contributed by atoms with Gasteiger partial charge < -0.3 is 20.1 Å². The molecule has 1 aromatic carbocycles. The number of esters is 1. The Kier molecular flexibility index (Phi) is 6.11. The van der Waals surface area contributed by atoms with Crippen LogP contribution < -0.4 is 5.32 Å². The van der Waals surface area contributed by atoms with Gasteiger partial charge in [-0.1, -0.05) is 23.2 Å². The molecule has 0 bridgehead atoms. The largest absolute Gasteiger partial charge is 0.451 e. The zero-order chi connectivity index (χ0) is 18.7. The van der Waals surface area contributed by atoms with Crippen molar-refractivity contribution in [2.45, 2.75) is 26.9 Å². The Morgan fingerprint density at radius 2 is 2.00 bits per heavy atom. The number of rotatable bonds is 5. The van der Waals surface area contributed by atoms with Crippen LogP contribution in [0.15, 0.2) is 18.2 Å². The van der Waals surface area contributed by atoms with Crippen molar-refractivity contribution in [2.75, 3.05) is 11.9 Å². The molecule has 0 radical (unpaired) electrons. The van der Waals surface area contributed by atoms with Gasteiger partial charge in [-0.05, 0) is 44.5 Å². The van der Waals surface area contributed by atoms with Crippen LogP contribution in [0.5, 0.6) is 0 Å². The molecule has 0 aliphatic rings. The second kappa shape index (κ2) is 7.91. The van der Waals surface area contributed by atoms with E-state index in [1.165, 1.54) is 6.07 Å². The standard InChI is InChI=1S/C17H18Cl2N2O4/c1-8-15(10(3)22)9(2)20-16(8)17(24)25-7-14(23)21-13-6-11(18)4-5-12(13)19/h4-6,10,20,22H,7H2,1-3H3,(H,21,23)/t10-/m0/s1. The quantitative estimate of drug-likeness (QED) is 0.683. The first-order valence-electron chi connectivity index (χ1n) is 7.49. The molecule has 1 heterocycles. The van der Waals surface area contributed by atoms with Crippen molar-refractivity contribution in [3.63, 3.8) is 0 Å². The van der Waals surface area contributed by atoms with Crippen LogP contribution in [0.25, 0.3) is 0 Å². The van der Waals surface area contributed by atoms with Gasteiger partial charge in [0, 0.05) is 16.3 Å². The zero-order valence-electron chi connectivity index (χ0n) is 13.9. The number of hydrogen-bond donors (Lipinski definition) is 3. The Hall–Kier alpha value is -2.02. The summed E-state index contributed by atoms with van der Waals surface area (Å²) >= 11 is 11.8. The Bertz CT molecular complexity index is 815. The maximum absolute atomic E-state index is 12.2. The van der Waals surface area contributed by atoms with Crippen molar-refractivity contribution in [1.82, 2.24) is 4.98 Å². The lowest BCUT2D eigenvalue weighted by Gasteiger charge is -2.09. The number of hydrogen-bond acceptors (Lipinski definition) is 4. The summed E-state index contributed by atoms with van der Waals surface area (Å²) < 4.78 is 5.02. The van der Waals surface area contributed by atoms with Crippen molar-refractivity contribution in [1.29, 1.82) is 0 Å². The van der Waals surface area contributed by atoms with E-state index in [0.29, 0.717) is 32.6 Å². The highest BCUT2D eigenvalue weighted by Crippen LogP contribution is 2.26. The van der Waals surface area contributed by atoms with Crippen LogP contribution in [0.1, 0.15) is 40.3 Å². The Morgan fingerprint density at radius 3 is 2.60 bits per heavy atom.